The molecule has 0 saturated heterocycles. The molecule has 2 aromatic carbocycles. The molecule has 2 rings (SSSR count). The summed E-state index contributed by atoms with van der Waals surface area (Å²) in [6, 6.07) is 18.1. The molecule has 0 bridgehead atoms. The maximum absolute atomic E-state index is 5.73. The van der Waals surface area contributed by atoms with Crippen LogP contribution < -0.4 is 4.74 Å². The molecule has 2 aromatic rings. The van der Waals surface area contributed by atoms with E-state index in [-0.39, 0.29) is 0 Å². The summed E-state index contributed by atoms with van der Waals surface area (Å²) >= 11 is 0. The molecule has 140 valence electrons. The largest absolute Gasteiger partial charge is 0.498 e. The molecule has 0 fully saturated rings. The Balaban J connectivity index is 1.91. The van der Waals surface area contributed by atoms with Gasteiger partial charge in [0.15, 0.2) is 0 Å². The third-order valence-corrected chi connectivity index (χ3v) is 3.75. The van der Waals surface area contributed by atoms with Crippen molar-refractivity contribution in [3.05, 3.63) is 72.0 Å². The Morgan fingerprint density at radius 3 is 2.04 bits per heavy atom. The molecule has 0 aliphatic rings. The van der Waals surface area contributed by atoms with Crippen LogP contribution in [0.5, 0.6) is 5.75 Å². The lowest BCUT2D eigenvalue weighted by atomic mass is 9.99. The summed E-state index contributed by atoms with van der Waals surface area (Å²) in [4.78, 5) is 0. The molecule has 0 unspecified atom stereocenters. The molecular weight excluding hydrogens is 328 g/mol. The first-order valence-corrected chi connectivity index (χ1v) is 9.02. The minimum atomic E-state index is 0.500. The summed E-state index contributed by atoms with van der Waals surface area (Å²) in [5.41, 5.74) is 3.21. The topological polar surface area (TPSA) is 36.9 Å². The van der Waals surface area contributed by atoms with Crippen molar-refractivity contribution in [1.82, 2.24) is 0 Å². The van der Waals surface area contributed by atoms with Crippen LogP contribution in [0.1, 0.15) is 24.5 Å². The zero-order valence-electron chi connectivity index (χ0n) is 15.6. The number of rotatable bonds is 12. The summed E-state index contributed by atoms with van der Waals surface area (Å²) in [6.45, 7) is 5.14. The highest BCUT2D eigenvalue weighted by Crippen LogP contribution is 2.25. The van der Waals surface area contributed by atoms with Crippen LogP contribution in [0.15, 0.2) is 60.9 Å². The number of benzene rings is 2. The molecule has 0 aliphatic heterocycles. The van der Waals surface area contributed by atoms with Crippen LogP contribution in [0, 0.1) is 0 Å². The van der Waals surface area contributed by atoms with E-state index in [1.165, 1.54) is 0 Å². The van der Waals surface area contributed by atoms with Gasteiger partial charge in [-0.15, -0.1) is 0 Å². The maximum atomic E-state index is 5.73. The van der Waals surface area contributed by atoms with Crippen molar-refractivity contribution in [2.75, 3.05) is 40.1 Å². The number of hydrogen-bond acceptors (Lipinski definition) is 4. The lowest BCUT2D eigenvalue weighted by Crippen LogP contribution is -2.08. The van der Waals surface area contributed by atoms with Gasteiger partial charge in [-0.2, -0.15) is 0 Å². The van der Waals surface area contributed by atoms with Gasteiger partial charge in [-0.25, -0.2) is 0 Å². The zero-order valence-corrected chi connectivity index (χ0v) is 15.6. The molecule has 0 N–H and O–H groups in total. The average molecular weight is 356 g/mol. The second-order valence-corrected chi connectivity index (χ2v) is 5.72. The predicted octanol–water partition coefficient (Wildman–Crippen LogP) is 4.54. The Bertz CT molecular complexity index is 635. The summed E-state index contributed by atoms with van der Waals surface area (Å²) in [5.74, 6) is 0.834. The van der Waals surface area contributed by atoms with Gasteiger partial charge >= 0.3 is 0 Å². The number of ether oxygens (including phenoxy) is 4. The first-order chi connectivity index (χ1) is 12.8. The van der Waals surface area contributed by atoms with E-state index in [1.807, 2.05) is 42.5 Å². The summed E-state index contributed by atoms with van der Waals surface area (Å²) in [7, 11) is 1.67. The first-order valence-electron chi connectivity index (χ1n) is 9.02. The van der Waals surface area contributed by atoms with E-state index >= 15 is 0 Å². The first kappa shape index (κ1) is 20.0. The van der Waals surface area contributed by atoms with Crippen molar-refractivity contribution >= 4 is 5.57 Å². The minimum Gasteiger partial charge on any atom is -0.498 e. The SMILES string of the molecule is CCCOCCOCCO/C=C(/c1ccccc1)c1ccc(OC)cc1. The molecular formula is C22H28O4. The minimum absolute atomic E-state index is 0.500. The Kier molecular flexibility index (Phi) is 9.33. The van der Waals surface area contributed by atoms with E-state index in [1.54, 1.807) is 13.4 Å². The third-order valence-electron chi connectivity index (χ3n) is 3.75. The highest BCUT2D eigenvalue weighted by molar-refractivity contribution is 5.79. The fourth-order valence-corrected chi connectivity index (χ4v) is 2.41. The van der Waals surface area contributed by atoms with E-state index in [9.17, 15) is 0 Å². The molecule has 0 heterocycles. The van der Waals surface area contributed by atoms with Gasteiger partial charge in [0.05, 0.1) is 33.2 Å². The highest BCUT2D eigenvalue weighted by atomic mass is 16.5. The lowest BCUT2D eigenvalue weighted by Gasteiger charge is -2.10. The Morgan fingerprint density at radius 1 is 0.769 bits per heavy atom. The van der Waals surface area contributed by atoms with Crippen LogP contribution in [0.4, 0.5) is 0 Å². The maximum Gasteiger partial charge on any atom is 0.118 e. The molecule has 0 amide bonds. The molecule has 0 radical (unpaired) electrons. The summed E-state index contributed by atoms with van der Waals surface area (Å²) < 4.78 is 21.8. The molecule has 0 aromatic heterocycles. The molecule has 4 nitrogen and oxygen atoms in total. The van der Waals surface area contributed by atoms with E-state index < -0.39 is 0 Å². The van der Waals surface area contributed by atoms with Crippen LogP contribution in [0.25, 0.3) is 5.57 Å². The van der Waals surface area contributed by atoms with Crippen LogP contribution in [-0.2, 0) is 14.2 Å². The molecule has 4 heteroatoms. The highest BCUT2D eigenvalue weighted by Gasteiger charge is 2.06. The summed E-state index contributed by atoms with van der Waals surface area (Å²) in [5, 5.41) is 0. The van der Waals surface area contributed by atoms with Crippen LogP contribution >= 0.6 is 0 Å². The normalized spacial score (nSPS) is 11.4. The van der Waals surface area contributed by atoms with E-state index in [0.29, 0.717) is 26.4 Å². The third kappa shape index (κ3) is 6.90. The monoisotopic (exact) mass is 356 g/mol. The van der Waals surface area contributed by atoms with E-state index in [0.717, 1.165) is 35.5 Å². The summed E-state index contributed by atoms with van der Waals surface area (Å²) in [6.07, 6.45) is 2.83. The van der Waals surface area contributed by atoms with Crippen LogP contribution in [0.2, 0.25) is 0 Å². The fourth-order valence-electron chi connectivity index (χ4n) is 2.41. The van der Waals surface area contributed by atoms with Crippen molar-refractivity contribution < 1.29 is 18.9 Å². The van der Waals surface area contributed by atoms with E-state index in [4.69, 9.17) is 18.9 Å². The quantitative estimate of drug-likeness (QED) is 0.413. The molecule has 26 heavy (non-hydrogen) atoms. The second kappa shape index (κ2) is 12.1. The van der Waals surface area contributed by atoms with Gasteiger partial charge in [0, 0.05) is 12.2 Å². The van der Waals surface area contributed by atoms with Gasteiger partial charge in [0.2, 0.25) is 0 Å². The van der Waals surface area contributed by atoms with Gasteiger partial charge in [0.1, 0.15) is 12.4 Å². The average Bonchev–Trinajstić information content (AvgIpc) is 2.70. The van der Waals surface area contributed by atoms with Gasteiger partial charge in [-0.05, 0) is 29.7 Å². The van der Waals surface area contributed by atoms with Crippen LogP contribution in [-0.4, -0.2) is 40.1 Å². The standard InChI is InChI=1S/C22H28O4/c1-3-13-24-14-15-25-16-17-26-18-22(19-7-5-4-6-8-19)20-9-11-21(23-2)12-10-20/h4-12,18H,3,13-17H2,1-2H3/b22-18-. The fraction of sp³-hybridized carbons (Fsp3) is 0.364. The van der Waals surface area contributed by atoms with E-state index in [2.05, 4.69) is 19.1 Å². The van der Waals surface area contributed by atoms with Gasteiger partial charge in [0.25, 0.3) is 0 Å². The number of hydrogen-bond donors (Lipinski definition) is 0. The van der Waals surface area contributed by atoms with Gasteiger partial charge in [-0.1, -0.05) is 49.4 Å². The van der Waals surface area contributed by atoms with Crippen LogP contribution in [0.3, 0.4) is 0 Å². The number of methoxy groups -OCH3 is 1. The van der Waals surface area contributed by atoms with Crippen molar-refractivity contribution in [3.63, 3.8) is 0 Å². The Hall–Kier alpha value is -2.30. The van der Waals surface area contributed by atoms with Gasteiger partial charge in [-0.3, -0.25) is 0 Å². The van der Waals surface area contributed by atoms with Crippen molar-refractivity contribution in [2.24, 2.45) is 0 Å². The van der Waals surface area contributed by atoms with Crippen molar-refractivity contribution in [2.45, 2.75) is 13.3 Å². The molecule has 0 atom stereocenters. The van der Waals surface area contributed by atoms with Gasteiger partial charge < -0.3 is 18.9 Å². The molecule has 0 aliphatic carbocycles. The molecule has 0 saturated carbocycles. The predicted molar refractivity (Wildman–Crippen MR) is 104 cm³/mol. The zero-order chi connectivity index (χ0) is 18.5. The lowest BCUT2D eigenvalue weighted by molar-refractivity contribution is 0.0309. The smallest absolute Gasteiger partial charge is 0.118 e. The van der Waals surface area contributed by atoms with Crippen molar-refractivity contribution in [3.8, 4) is 5.75 Å². The van der Waals surface area contributed by atoms with Crippen molar-refractivity contribution in [1.29, 1.82) is 0 Å². The Labute approximate surface area is 156 Å². The Morgan fingerprint density at radius 2 is 1.38 bits per heavy atom. The molecule has 0 spiro atoms. The second-order valence-electron chi connectivity index (χ2n) is 5.72.